The Morgan fingerprint density at radius 1 is 1.22 bits per heavy atom. The van der Waals surface area contributed by atoms with Crippen LogP contribution in [0, 0.1) is 27.2 Å². The second-order valence-electron chi connectivity index (χ2n) is 4.74. The van der Waals surface area contributed by atoms with Crippen molar-refractivity contribution in [1.29, 1.82) is 0 Å². The molecular formula is C13H12N4O6. The average Bonchev–Trinajstić information content (AvgIpc) is 2.82. The minimum atomic E-state index is -0.889. The lowest BCUT2D eigenvalue weighted by Gasteiger charge is -2.04. The number of benzene rings is 1. The van der Waals surface area contributed by atoms with Crippen LogP contribution in [0.15, 0.2) is 24.4 Å². The second kappa shape index (κ2) is 6.22. The van der Waals surface area contributed by atoms with Gasteiger partial charge in [0, 0.05) is 30.9 Å². The summed E-state index contributed by atoms with van der Waals surface area (Å²) in [6.07, 6.45) is 1.67. The zero-order chi connectivity index (χ0) is 17.1. The number of rotatable bonds is 5. The predicted octanol–water partition coefficient (Wildman–Crippen LogP) is 1.90. The molecule has 0 aliphatic carbocycles. The van der Waals surface area contributed by atoms with Gasteiger partial charge in [-0.3, -0.25) is 24.9 Å². The highest BCUT2D eigenvalue weighted by Crippen LogP contribution is 2.23. The lowest BCUT2D eigenvalue weighted by Crippen LogP contribution is -2.07. The molecule has 1 aromatic carbocycles. The molecule has 2 rings (SSSR count). The summed E-state index contributed by atoms with van der Waals surface area (Å²) in [5.74, 6) is -0.889. The summed E-state index contributed by atoms with van der Waals surface area (Å²) >= 11 is 0. The van der Waals surface area contributed by atoms with E-state index in [0.29, 0.717) is 11.3 Å². The largest absolute Gasteiger partial charge is 0.457 e. The van der Waals surface area contributed by atoms with Crippen LogP contribution >= 0.6 is 0 Å². The molecule has 0 amide bonds. The fourth-order valence-electron chi connectivity index (χ4n) is 1.94. The van der Waals surface area contributed by atoms with E-state index in [-0.39, 0.29) is 12.2 Å². The van der Waals surface area contributed by atoms with Crippen LogP contribution in [-0.2, 0) is 18.4 Å². The Bertz CT molecular complexity index is 766. The fraction of sp³-hybridized carbons (Fsp3) is 0.231. The van der Waals surface area contributed by atoms with Crippen LogP contribution in [0.3, 0.4) is 0 Å². The maximum absolute atomic E-state index is 12.0. The Kier molecular flexibility index (Phi) is 4.35. The molecule has 10 nitrogen and oxygen atoms in total. The van der Waals surface area contributed by atoms with Gasteiger partial charge in [-0.1, -0.05) is 0 Å². The van der Waals surface area contributed by atoms with Crippen LogP contribution < -0.4 is 0 Å². The molecule has 0 atom stereocenters. The SMILES string of the molecule is Cc1nn(C)cc1COC(=O)c1cc([N+](=O)[O-])cc([N+](=O)[O-])c1. The van der Waals surface area contributed by atoms with Crippen molar-refractivity contribution in [2.75, 3.05) is 0 Å². The van der Waals surface area contributed by atoms with Crippen molar-refractivity contribution >= 4 is 17.3 Å². The summed E-state index contributed by atoms with van der Waals surface area (Å²) in [5, 5.41) is 25.7. The molecule has 23 heavy (non-hydrogen) atoms. The Balaban J connectivity index is 2.22. The molecule has 10 heteroatoms. The molecule has 0 bridgehead atoms. The zero-order valence-corrected chi connectivity index (χ0v) is 12.3. The third-order valence-corrected chi connectivity index (χ3v) is 3.03. The number of nitro groups is 2. The third kappa shape index (κ3) is 3.67. The Labute approximate surface area is 129 Å². The van der Waals surface area contributed by atoms with Crippen LogP contribution in [0.2, 0.25) is 0 Å². The molecule has 0 saturated heterocycles. The normalized spacial score (nSPS) is 10.3. The van der Waals surface area contributed by atoms with E-state index < -0.39 is 27.2 Å². The van der Waals surface area contributed by atoms with Gasteiger partial charge >= 0.3 is 5.97 Å². The van der Waals surface area contributed by atoms with E-state index in [1.807, 2.05) is 0 Å². The van der Waals surface area contributed by atoms with Gasteiger partial charge in [0.1, 0.15) is 6.61 Å². The van der Waals surface area contributed by atoms with Crippen LogP contribution in [0.25, 0.3) is 0 Å². The molecular weight excluding hydrogens is 308 g/mol. The van der Waals surface area contributed by atoms with Crippen molar-refractivity contribution in [3.63, 3.8) is 0 Å². The summed E-state index contributed by atoms with van der Waals surface area (Å²) in [4.78, 5) is 32.0. The van der Waals surface area contributed by atoms with Crippen molar-refractivity contribution in [2.45, 2.75) is 13.5 Å². The standard InChI is InChI=1S/C13H12N4O6/c1-8-10(6-15(2)14-8)7-23-13(18)9-3-11(16(19)20)5-12(4-9)17(21)22/h3-6H,7H2,1-2H3. The maximum atomic E-state index is 12.0. The molecule has 1 heterocycles. The number of ether oxygens (including phenoxy) is 1. The van der Waals surface area contributed by atoms with Crippen LogP contribution in [-0.4, -0.2) is 25.6 Å². The highest BCUT2D eigenvalue weighted by Gasteiger charge is 2.21. The quantitative estimate of drug-likeness (QED) is 0.467. The number of nitro benzene ring substituents is 2. The lowest BCUT2D eigenvalue weighted by molar-refractivity contribution is -0.394. The number of esters is 1. The van der Waals surface area contributed by atoms with Crippen molar-refractivity contribution < 1.29 is 19.4 Å². The van der Waals surface area contributed by atoms with E-state index >= 15 is 0 Å². The number of aryl methyl sites for hydroxylation is 2. The van der Waals surface area contributed by atoms with Gasteiger partial charge in [0.2, 0.25) is 0 Å². The van der Waals surface area contributed by atoms with Crippen molar-refractivity contribution in [1.82, 2.24) is 9.78 Å². The average molecular weight is 320 g/mol. The minimum Gasteiger partial charge on any atom is -0.457 e. The van der Waals surface area contributed by atoms with Crippen molar-refractivity contribution in [3.8, 4) is 0 Å². The van der Waals surface area contributed by atoms with Gasteiger partial charge in [0.25, 0.3) is 11.4 Å². The first-order valence-electron chi connectivity index (χ1n) is 6.38. The van der Waals surface area contributed by atoms with Gasteiger partial charge in [0.05, 0.1) is 27.2 Å². The molecule has 0 spiro atoms. The highest BCUT2D eigenvalue weighted by atomic mass is 16.6. The minimum absolute atomic E-state index is 0.0883. The molecule has 0 unspecified atom stereocenters. The van der Waals surface area contributed by atoms with Gasteiger partial charge in [-0.15, -0.1) is 0 Å². The Hall–Kier alpha value is -3.30. The second-order valence-corrected chi connectivity index (χ2v) is 4.74. The molecule has 0 aliphatic heterocycles. The van der Waals surface area contributed by atoms with Gasteiger partial charge in [0.15, 0.2) is 0 Å². The van der Waals surface area contributed by atoms with E-state index in [1.165, 1.54) is 0 Å². The van der Waals surface area contributed by atoms with E-state index in [2.05, 4.69) is 5.10 Å². The Morgan fingerprint density at radius 3 is 2.22 bits per heavy atom. The van der Waals surface area contributed by atoms with Gasteiger partial charge in [-0.25, -0.2) is 4.79 Å². The topological polar surface area (TPSA) is 130 Å². The lowest BCUT2D eigenvalue weighted by atomic mass is 10.2. The van der Waals surface area contributed by atoms with Gasteiger partial charge in [-0.2, -0.15) is 5.10 Å². The van der Waals surface area contributed by atoms with Gasteiger partial charge < -0.3 is 4.74 Å². The molecule has 1 aromatic heterocycles. The first kappa shape index (κ1) is 16.1. The number of nitrogens with zero attached hydrogens (tertiary/aromatic N) is 4. The summed E-state index contributed by atoms with van der Waals surface area (Å²) in [5.41, 5.74) is -0.0223. The summed E-state index contributed by atoms with van der Waals surface area (Å²) in [6.45, 7) is 1.65. The predicted molar refractivity (Wildman–Crippen MR) is 76.8 cm³/mol. The monoisotopic (exact) mass is 320 g/mol. The Morgan fingerprint density at radius 2 is 1.78 bits per heavy atom. The maximum Gasteiger partial charge on any atom is 0.338 e. The van der Waals surface area contributed by atoms with Crippen LogP contribution in [0.4, 0.5) is 11.4 Å². The van der Waals surface area contributed by atoms with E-state index in [4.69, 9.17) is 4.74 Å². The molecule has 120 valence electrons. The zero-order valence-electron chi connectivity index (χ0n) is 12.3. The van der Waals surface area contributed by atoms with Crippen LogP contribution in [0.1, 0.15) is 21.6 Å². The van der Waals surface area contributed by atoms with Gasteiger partial charge in [-0.05, 0) is 6.92 Å². The molecule has 0 fully saturated rings. The third-order valence-electron chi connectivity index (χ3n) is 3.03. The highest BCUT2D eigenvalue weighted by molar-refractivity contribution is 5.91. The molecule has 2 aromatic rings. The van der Waals surface area contributed by atoms with Crippen molar-refractivity contribution in [2.24, 2.45) is 7.05 Å². The first-order chi connectivity index (χ1) is 10.8. The number of hydrogen-bond donors (Lipinski definition) is 0. The molecule has 0 radical (unpaired) electrons. The number of non-ortho nitro benzene ring substituents is 2. The summed E-state index contributed by atoms with van der Waals surface area (Å²) in [6, 6.07) is 2.65. The number of carbonyl (C=O) groups is 1. The summed E-state index contributed by atoms with van der Waals surface area (Å²) in [7, 11) is 1.71. The van der Waals surface area contributed by atoms with Crippen molar-refractivity contribution in [3.05, 3.63) is 61.4 Å². The van der Waals surface area contributed by atoms with E-state index in [0.717, 1.165) is 18.2 Å². The first-order valence-corrected chi connectivity index (χ1v) is 6.38. The molecule has 0 N–H and O–H groups in total. The fourth-order valence-corrected chi connectivity index (χ4v) is 1.94. The number of carbonyl (C=O) groups excluding carboxylic acids is 1. The van der Waals surface area contributed by atoms with Crippen LogP contribution in [0.5, 0.6) is 0 Å². The summed E-state index contributed by atoms with van der Waals surface area (Å²) < 4.78 is 6.59. The smallest absolute Gasteiger partial charge is 0.338 e. The number of hydrogen-bond acceptors (Lipinski definition) is 7. The number of aromatic nitrogens is 2. The molecule has 0 aliphatic rings. The van der Waals surface area contributed by atoms with E-state index in [9.17, 15) is 25.0 Å². The molecule has 0 saturated carbocycles. The van der Waals surface area contributed by atoms with E-state index in [1.54, 1.807) is 24.9 Å².